The first kappa shape index (κ1) is 13.6. The van der Waals surface area contributed by atoms with E-state index in [4.69, 9.17) is 16.3 Å². The second kappa shape index (κ2) is 5.05. The molecule has 1 aromatic carbocycles. The molecule has 0 amide bonds. The first-order chi connectivity index (χ1) is 8.45. The molecule has 1 aromatic rings. The van der Waals surface area contributed by atoms with Crippen LogP contribution in [0.25, 0.3) is 0 Å². The van der Waals surface area contributed by atoms with Crippen molar-refractivity contribution >= 4 is 21.8 Å². The molecule has 0 unspecified atom stereocenters. The fraction of sp³-hybridized carbons (Fsp3) is 0.455. The minimum Gasteiger partial charge on any atom is -0.497 e. The highest BCUT2D eigenvalue weighted by atomic mass is 35.5. The number of methoxy groups -OCH3 is 1. The van der Waals surface area contributed by atoms with E-state index in [-0.39, 0.29) is 6.54 Å². The van der Waals surface area contributed by atoms with E-state index in [0.717, 1.165) is 5.56 Å². The third-order valence-electron chi connectivity index (χ3n) is 2.98. The fourth-order valence-corrected chi connectivity index (χ4v) is 3.33. The maximum absolute atomic E-state index is 11.9. The highest BCUT2D eigenvalue weighted by molar-refractivity contribution is 7.86. The highest BCUT2D eigenvalue weighted by Gasteiger charge is 2.33. The van der Waals surface area contributed by atoms with E-state index in [1.54, 1.807) is 32.4 Å². The summed E-state index contributed by atoms with van der Waals surface area (Å²) in [5.41, 5.74) is 0.745. The standard InChI is InChI=1S/C11H15ClN2O3S/c1-13-5-6-14(18(13,15)16)8-9-7-10(17-2)3-4-11(9)12/h3-4,7H,5-6,8H2,1-2H3. The van der Waals surface area contributed by atoms with E-state index >= 15 is 0 Å². The van der Waals surface area contributed by atoms with Crippen molar-refractivity contribution in [2.24, 2.45) is 0 Å². The van der Waals surface area contributed by atoms with Gasteiger partial charge < -0.3 is 4.74 Å². The molecule has 0 aliphatic carbocycles. The molecule has 100 valence electrons. The molecular formula is C11H15ClN2O3S. The van der Waals surface area contributed by atoms with Gasteiger partial charge in [0.1, 0.15) is 5.75 Å². The lowest BCUT2D eigenvalue weighted by Gasteiger charge is -2.17. The topological polar surface area (TPSA) is 49.9 Å². The lowest BCUT2D eigenvalue weighted by atomic mass is 10.2. The van der Waals surface area contributed by atoms with Crippen LogP contribution in [-0.4, -0.2) is 44.3 Å². The Hall–Kier alpha value is -0.820. The molecule has 18 heavy (non-hydrogen) atoms. The fourth-order valence-electron chi connectivity index (χ4n) is 1.83. The molecule has 0 aromatic heterocycles. The minimum atomic E-state index is -3.33. The van der Waals surface area contributed by atoms with Gasteiger partial charge >= 0.3 is 0 Å². The Morgan fingerprint density at radius 2 is 2.11 bits per heavy atom. The third-order valence-corrected chi connectivity index (χ3v) is 5.29. The number of benzene rings is 1. The summed E-state index contributed by atoms with van der Waals surface area (Å²) in [6, 6.07) is 5.22. The molecule has 0 bridgehead atoms. The van der Waals surface area contributed by atoms with E-state index in [1.807, 2.05) is 0 Å². The van der Waals surface area contributed by atoms with Crippen molar-refractivity contribution < 1.29 is 13.2 Å². The summed E-state index contributed by atoms with van der Waals surface area (Å²) in [4.78, 5) is 0. The molecule has 1 aliphatic rings. The molecule has 1 saturated heterocycles. The number of hydrogen-bond donors (Lipinski definition) is 0. The van der Waals surface area contributed by atoms with Crippen LogP contribution in [-0.2, 0) is 16.8 Å². The lowest BCUT2D eigenvalue weighted by molar-refractivity contribution is 0.411. The summed E-state index contributed by atoms with van der Waals surface area (Å²) in [6.07, 6.45) is 0. The number of nitrogens with zero attached hydrogens (tertiary/aromatic N) is 2. The van der Waals surface area contributed by atoms with E-state index in [0.29, 0.717) is 23.9 Å². The van der Waals surface area contributed by atoms with Crippen LogP contribution < -0.4 is 4.74 Å². The summed E-state index contributed by atoms with van der Waals surface area (Å²) in [6.45, 7) is 1.25. The minimum absolute atomic E-state index is 0.267. The quantitative estimate of drug-likeness (QED) is 0.844. The molecule has 1 fully saturated rings. The van der Waals surface area contributed by atoms with Crippen LogP contribution in [0.5, 0.6) is 5.75 Å². The Balaban J connectivity index is 2.25. The van der Waals surface area contributed by atoms with Crippen LogP contribution in [0.15, 0.2) is 18.2 Å². The second-order valence-corrected chi connectivity index (χ2v) is 6.56. The van der Waals surface area contributed by atoms with Crippen molar-refractivity contribution in [2.75, 3.05) is 27.2 Å². The Morgan fingerprint density at radius 1 is 1.39 bits per heavy atom. The molecule has 0 atom stereocenters. The summed E-state index contributed by atoms with van der Waals surface area (Å²) in [5, 5.41) is 0.542. The Morgan fingerprint density at radius 3 is 2.67 bits per heavy atom. The summed E-state index contributed by atoms with van der Waals surface area (Å²) in [5.74, 6) is 0.666. The van der Waals surface area contributed by atoms with Gasteiger partial charge in [-0.25, -0.2) is 0 Å². The predicted octanol–water partition coefficient (Wildman–Crippen LogP) is 1.34. The lowest BCUT2D eigenvalue weighted by Crippen LogP contribution is -2.30. The summed E-state index contributed by atoms with van der Waals surface area (Å²) in [7, 11) is -0.198. The van der Waals surface area contributed by atoms with Crippen molar-refractivity contribution in [2.45, 2.75) is 6.54 Å². The zero-order chi connectivity index (χ0) is 13.3. The maximum Gasteiger partial charge on any atom is 0.282 e. The van der Waals surface area contributed by atoms with Gasteiger partial charge in [-0.05, 0) is 23.8 Å². The van der Waals surface area contributed by atoms with Crippen molar-refractivity contribution in [3.05, 3.63) is 28.8 Å². The second-order valence-electron chi connectivity index (χ2n) is 4.12. The molecule has 1 heterocycles. The van der Waals surface area contributed by atoms with Gasteiger partial charge in [0.05, 0.1) is 7.11 Å². The molecule has 0 radical (unpaired) electrons. The van der Waals surface area contributed by atoms with Gasteiger partial charge in [0, 0.05) is 31.7 Å². The molecule has 0 saturated carbocycles. The number of likely N-dealkylation sites (N-methyl/N-ethyl adjacent to an activating group) is 1. The van der Waals surface area contributed by atoms with Crippen LogP contribution >= 0.6 is 11.6 Å². The Bertz CT molecular complexity index is 547. The average molecular weight is 291 g/mol. The summed E-state index contributed by atoms with van der Waals surface area (Å²) < 4.78 is 31.7. The predicted molar refractivity (Wildman–Crippen MR) is 70.0 cm³/mol. The number of rotatable bonds is 3. The Labute approximate surface area is 112 Å². The first-order valence-corrected chi connectivity index (χ1v) is 7.26. The Kier molecular flexibility index (Phi) is 3.82. The van der Waals surface area contributed by atoms with Gasteiger partial charge in [-0.1, -0.05) is 11.6 Å². The van der Waals surface area contributed by atoms with Crippen molar-refractivity contribution in [3.63, 3.8) is 0 Å². The van der Waals surface area contributed by atoms with Gasteiger partial charge in [0.25, 0.3) is 10.2 Å². The highest BCUT2D eigenvalue weighted by Crippen LogP contribution is 2.26. The van der Waals surface area contributed by atoms with Gasteiger partial charge in [0.15, 0.2) is 0 Å². The third kappa shape index (κ3) is 2.47. The molecule has 0 N–H and O–H groups in total. The average Bonchev–Trinajstić information content (AvgIpc) is 2.58. The zero-order valence-electron chi connectivity index (χ0n) is 10.3. The number of halogens is 1. The van der Waals surface area contributed by atoms with Gasteiger partial charge in [-0.15, -0.1) is 0 Å². The van der Waals surface area contributed by atoms with Gasteiger partial charge in [0.2, 0.25) is 0 Å². The van der Waals surface area contributed by atoms with Crippen LogP contribution in [0.3, 0.4) is 0 Å². The molecule has 2 rings (SSSR count). The number of hydrogen-bond acceptors (Lipinski definition) is 3. The van der Waals surface area contributed by atoms with Crippen molar-refractivity contribution in [1.29, 1.82) is 0 Å². The molecule has 0 spiro atoms. The maximum atomic E-state index is 11.9. The normalized spacial score (nSPS) is 20.2. The molecule has 1 aliphatic heterocycles. The van der Waals surface area contributed by atoms with E-state index in [2.05, 4.69) is 0 Å². The van der Waals surface area contributed by atoms with Crippen LogP contribution in [0.1, 0.15) is 5.56 Å². The van der Waals surface area contributed by atoms with E-state index in [1.165, 1.54) is 8.61 Å². The van der Waals surface area contributed by atoms with Crippen molar-refractivity contribution in [1.82, 2.24) is 8.61 Å². The van der Waals surface area contributed by atoms with Gasteiger partial charge in [-0.3, -0.25) is 0 Å². The summed E-state index contributed by atoms with van der Waals surface area (Å²) >= 11 is 6.07. The monoisotopic (exact) mass is 290 g/mol. The molecule has 7 heteroatoms. The largest absolute Gasteiger partial charge is 0.497 e. The smallest absolute Gasteiger partial charge is 0.282 e. The van der Waals surface area contributed by atoms with Gasteiger partial charge in [-0.2, -0.15) is 17.0 Å². The van der Waals surface area contributed by atoms with Crippen LogP contribution in [0.4, 0.5) is 0 Å². The molecular weight excluding hydrogens is 276 g/mol. The van der Waals surface area contributed by atoms with E-state index < -0.39 is 10.2 Å². The van der Waals surface area contributed by atoms with Crippen LogP contribution in [0.2, 0.25) is 5.02 Å². The van der Waals surface area contributed by atoms with Crippen LogP contribution in [0, 0.1) is 0 Å². The zero-order valence-corrected chi connectivity index (χ0v) is 11.8. The SMILES string of the molecule is COc1ccc(Cl)c(CN2CCN(C)S2(=O)=O)c1. The number of ether oxygens (including phenoxy) is 1. The molecule has 5 nitrogen and oxygen atoms in total. The van der Waals surface area contributed by atoms with Crippen molar-refractivity contribution in [3.8, 4) is 5.75 Å². The first-order valence-electron chi connectivity index (χ1n) is 5.49. The van der Waals surface area contributed by atoms with E-state index in [9.17, 15) is 8.42 Å².